The number of rotatable bonds is 5. The number of aryl methyl sites for hydroxylation is 1. The second-order valence-electron chi connectivity index (χ2n) is 7.34. The summed E-state index contributed by atoms with van der Waals surface area (Å²) < 4.78 is 12.4. The molecule has 5 rings (SSSR count). The summed E-state index contributed by atoms with van der Waals surface area (Å²) >= 11 is 4.76. The van der Waals surface area contributed by atoms with Gasteiger partial charge in [-0.3, -0.25) is 14.5 Å². The molecule has 0 radical (unpaired) electrons. The fourth-order valence-electron chi connectivity index (χ4n) is 3.84. The van der Waals surface area contributed by atoms with Crippen molar-refractivity contribution >= 4 is 49.3 Å². The Bertz CT molecular complexity index is 1440. The lowest BCUT2D eigenvalue weighted by molar-refractivity contribution is 0.0971. The van der Waals surface area contributed by atoms with E-state index >= 15 is 0 Å². The molecule has 1 amide bonds. The number of fused-ring (bicyclic) bond motifs is 2. The molecule has 3 heterocycles. The summed E-state index contributed by atoms with van der Waals surface area (Å²) in [5, 5.41) is 2.79. The Morgan fingerprint density at radius 2 is 2.12 bits per heavy atom. The average molecular weight is 509 g/mol. The summed E-state index contributed by atoms with van der Waals surface area (Å²) in [5.74, 6) is 0.269. The molecule has 4 aromatic rings. The Kier molecular flexibility index (Phi) is 5.19. The van der Waals surface area contributed by atoms with Crippen LogP contribution in [0, 0.1) is 6.92 Å². The molecule has 0 saturated heterocycles. The topological polar surface area (TPSA) is 72.6 Å². The van der Waals surface area contributed by atoms with Crippen molar-refractivity contribution < 1.29 is 13.9 Å². The summed E-state index contributed by atoms with van der Waals surface area (Å²) in [4.78, 5) is 33.2. The monoisotopic (exact) mass is 508 g/mol. The number of ether oxygens (including phenoxy) is 1. The van der Waals surface area contributed by atoms with E-state index in [1.165, 1.54) is 16.2 Å². The van der Waals surface area contributed by atoms with Gasteiger partial charge in [-0.1, -0.05) is 40.7 Å². The van der Waals surface area contributed by atoms with E-state index in [1.807, 2.05) is 36.6 Å². The van der Waals surface area contributed by atoms with E-state index in [4.69, 9.17) is 9.15 Å². The molecule has 0 aliphatic carbocycles. The van der Waals surface area contributed by atoms with Crippen LogP contribution in [0.4, 0.5) is 5.13 Å². The van der Waals surface area contributed by atoms with Crippen molar-refractivity contribution in [1.29, 1.82) is 0 Å². The number of hydrogen-bond acceptors (Lipinski definition) is 6. The van der Waals surface area contributed by atoms with Crippen molar-refractivity contribution in [3.8, 4) is 5.75 Å². The maximum atomic E-state index is 13.6. The van der Waals surface area contributed by atoms with Gasteiger partial charge in [0.25, 0.3) is 5.91 Å². The van der Waals surface area contributed by atoms with Crippen molar-refractivity contribution in [2.45, 2.75) is 13.0 Å². The quantitative estimate of drug-likeness (QED) is 0.326. The molecule has 0 N–H and O–H groups in total. The van der Waals surface area contributed by atoms with Crippen LogP contribution in [0.25, 0.3) is 11.0 Å². The summed E-state index contributed by atoms with van der Waals surface area (Å²) in [7, 11) is 0. The van der Waals surface area contributed by atoms with Gasteiger partial charge in [0.05, 0.1) is 22.7 Å². The molecule has 1 atom stereocenters. The Morgan fingerprint density at radius 3 is 2.88 bits per heavy atom. The Morgan fingerprint density at radius 1 is 1.28 bits per heavy atom. The standard InChI is InChI=1S/C24H17BrN2O4S/c1-3-9-30-16-6-4-5-14(10-16)20-19-21(28)17-11-15(25)7-8-18(17)31-22(19)23(29)27(20)24-26-13(2)12-32-24/h3-8,10-12,20H,1,9H2,2H3. The predicted octanol–water partition coefficient (Wildman–Crippen LogP) is 5.64. The number of nitrogens with zero attached hydrogens (tertiary/aromatic N) is 2. The fourth-order valence-corrected chi connectivity index (χ4v) is 5.03. The highest BCUT2D eigenvalue weighted by molar-refractivity contribution is 9.10. The van der Waals surface area contributed by atoms with Crippen LogP contribution in [0.1, 0.15) is 33.4 Å². The minimum Gasteiger partial charge on any atom is -0.490 e. The lowest BCUT2D eigenvalue weighted by Gasteiger charge is -2.23. The molecule has 1 aliphatic heterocycles. The molecule has 6 nitrogen and oxygen atoms in total. The molecule has 8 heteroatoms. The smallest absolute Gasteiger partial charge is 0.297 e. The predicted molar refractivity (Wildman–Crippen MR) is 128 cm³/mol. The molecule has 1 aliphatic rings. The van der Waals surface area contributed by atoms with Gasteiger partial charge in [0, 0.05) is 9.85 Å². The van der Waals surface area contributed by atoms with Crippen LogP contribution in [-0.2, 0) is 0 Å². The van der Waals surface area contributed by atoms with Gasteiger partial charge in [0.1, 0.15) is 17.9 Å². The first-order valence-electron chi connectivity index (χ1n) is 9.83. The minimum absolute atomic E-state index is 0.0417. The summed E-state index contributed by atoms with van der Waals surface area (Å²) in [6, 6.07) is 11.8. The summed E-state index contributed by atoms with van der Waals surface area (Å²) in [5.41, 5.74) is 1.95. The van der Waals surface area contributed by atoms with Gasteiger partial charge in [-0.15, -0.1) is 11.3 Å². The number of thiazole rings is 1. The van der Waals surface area contributed by atoms with E-state index in [0.717, 1.165) is 15.7 Å². The van der Waals surface area contributed by atoms with E-state index in [0.29, 0.717) is 34.0 Å². The highest BCUT2D eigenvalue weighted by Crippen LogP contribution is 2.42. The van der Waals surface area contributed by atoms with Gasteiger partial charge in [0.15, 0.2) is 10.6 Å². The highest BCUT2D eigenvalue weighted by Gasteiger charge is 2.45. The zero-order valence-corrected chi connectivity index (χ0v) is 19.4. The van der Waals surface area contributed by atoms with Crippen LogP contribution in [0.15, 0.2) is 74.2 Å². The van der Waals surface area contributed by atoms with Crippen molar-refractivity contribution in [2.24, 2.45) is 0 Å². The number of benzene rings is 2. The molecule has 160 valence electrons. The van der Waals surface area contributed by atoms with E-state index in [1.54, 1.807) is 24.3 Å². The Labute approximate surface area is 195 Å². The van der Waals surface area contributed by atoms with Gasteiger partial charge in [-0.25, -0.2) is 4.98 Å². The number of anilines is 1. The van der Waals surface area contributed by atoms with Gasteiger partial charge < -0.3 is 9.15 Å². The normalized spacial score (nSPS) is 15.2. The molecule has 0 saturated carbocycles. The molecule has 32 heavy (non-hydrogen) atoms. The number of hydrogen-bond donors (Lipinski definition) is 0. The first-order valence-corrected chi connectivity index (χ1v) is 11.5. The molecular weight excluding hydrogens is 492 g/mol. The largest absolute Gasteiger partial charge is 0.490 e. The molecule has 0 fully saturated rings. The lowest BCUT2D eigenvalue weighted by atomic mass is 9.98. The lowest BCUT2D eigenvalue weighted by Crippen LogP contribution is -2.29. The van der Waals surface area contributed by atoms with Crippen LogP contribution in [0.2, 0.25) is 0 Å². The van der Waals surface area contributed by atoms with Gasteiger partial charge >= 0.3 is 0 Å². The number of amides is 1. The van der Waals surface area contributed by atoms with E-state index in [9.17, 15) is 9.59 Å². The third-order valence-corrected chi connectivity index (χ3v) is 6.64. The summed E-state index contributed by atoms with van der Waals surface area (Å²) in [6.45, 7) is 5.88. The average Bonchev–Trinajstić information content (AvgIpc) is 3.34. The molecule has 0 bridgehead atoms. The Hall–Kier alpha value is -3.23. The van der Waals surface area contributed by atoms with Gasteiger partial charge in [0.2, 0.25) is 5.76 Å². The Balaban J connectivity index is 1.77. The molecule has 1 unspecified atom stereocenters. The van der Waals surface area contributed by atoms with E-state index in [-0.39, 0.29) is 11.2 Å². The van der Waals surface area contributed by atoms with Crippen LogP contribution in [0.3, 0.4) is 0 Å². The van der Waals surface area contributed by atoms with Crippen molar-refractivity contribution in [3.05, 3.63) is 97.8 Å². The zero-order chi connectivity index (χ0) is 22.4. The highest BCUT2D eigenvalue weighted by atomic mass is 79.9. The number of carbonyl (C=O) groups excluding carboxylic acids is 1. The maximum absolute atomic E-state index is 13.6. The molecule has 2 aromatic carbocycles. The maximum Gasteiger partial charge on any atom is 0.297 e. The van der Waals surface area contributed by atoms with Crippen molar-refractivity contribution in [1.82, 2.24) is 4.98 Å². The van der Waals surface area contributed by atoms with Crippen LogP contribution < -0.4 is 15.1 Å². The van der Waals surface area contributed by atoms with Crippen molar-refractivity contribution in [2.75, 3.05) is 11.5 Å². The fraction of sp³-hybridized carbons (Fsp3) is 0.125. The minimum atomic E-state index is -0.685. The van der Waals surface area contributed by atoms with E-state index in [2.05, 4.69) is 27.5 Å². The molecular formula is C24H17BrN2O4S. The van der Waals surface area contributed by atoms with Crippen LogP contribution in [0.5, 0.6) is 5.75 Å². The molecule has 0 spiro atoms. The van der Waals surface area contributed by atoms with Crippen LogP contribution >= 0.6 is 27.3 Å². The number of carbonyl (C=O) groups is 1. The third-order valence-electron chi connectivity index (χ3n) is 5.19. The third kappa shape index (κ3) is 3.36. The first kappa shape index (κ1) is 20.7. The summed E-state index contributed by atoms with van der Waals surface area (Å²) in [6.07, 6.45) is 1.66. The second-order valence-corrected chi connectivity index (χ2v) is 9.09. The first-order chi connectivity index (χ1) is 15.5. The SMILES string of the molecule is C=CCOc1cccc(C2c3c(oc4ccc(Br)cc4c3=O)C(=O)N2c2nc(C)cs2)c1. The number of aromatic nitrogens is 1. The number of halogens is 1. The van der Waals surface area contributed by atoms with Crippen molar-refractivity contribution in [3.63, 3.8) is 0 Å². The van der Waals surface area contributed by atoms with Crippen LogP contribution in [-0.4, -0.2) is 17.5 Å². The van der Waals surface area contributed by atoms with Gasteiger partial charge in [-0.05, 0) is 42.8 Å². The van der Waals surface area contributed by atoms with Gasteiger partial charge in [-0.2, -0.15) is 0 Å². The second kappa shape index (κ2) is 8.03. The zero-order valence-electron chi connectivity index (χ0n) is 17.0. The van der Waals surface area contributed by atoms with E-state index < -0.39 is 11.9 Å². The molecule has 2 aromatic heterocycles.